The van der Waals surface area contributed by atoms with Crippen molar-refractivity contribution in [3.05, 3.63) is 30.1 Å². The van der Waals surface area contributed by atoms with Gasteiger partial charge in [0.2, 0.25) is 5.91 Å². The highest BCUT2D eigenvalue weighted by atomic mass is 16.5. The zero-order valence-corrected chi connectivity index (χ0v) is 12.0. The van der Waals surface area contributed by atoms with Crippen LogP contribution in [0.1, 0.15) is 18.4 Å². The van der Waals surface area contributed by atoms with Gasteiger partial charge in [-0.2, -0.15) is 0 Å². The normalized spacial score (nSPS) is 18.1. The number of hydrogen-bond donors (Lipinski definition) is 0. The van der Waals surface area contributed by atoms with E-state index in [2.05, 4.69) is 4.98 Å². The number of carbonyl (C=O) groups excluding carboxylic acids is 1. The molecule has 5 heteroatoms. The minimum atomic E-state index is 0.175. The summed E-state index contributed by atoms with van der Waals surface area (Å²) >= 11 is 0. The molecule has 2 rings (SSSR count). The summed E-state index contributed by atoms with van der Waals surface area (Å²) in [5, 5.41) is 0. The molecular weight excluding hydrogens is 256 g/mol. The first-order valence-corrected chi connectivity index (χ1v) is 7.03. The molecule has 1 aromatic heterocycles. The average molecular weight is 278 g/mol. The van der Waals surface area contributed by atoms with Gasteiger partial charge in [0.05, 0.1) is 6.61 Å². The molecule has 0 N–H and O–H groups in total. The lowest BCUT2D eigenvalue weighted by molar-refractivity contribution is -0.133. The average Bonchev–Trinajstić information content (AvgIpc) is 2.97. The van der Waals surface area contributed by atoms with Crippen LogP contribution in [0.4, 0.5) is 0 Å². The highest BCUT2D eigenvalue weighted by molar-refractivity contribution is 5.76. The van der Waals surface area contributed by atoms with E-state index < -0.39 is 0 Å². The summed E-state index contributed by atoms with van der Waals surface area (Å²) < 4.78 is 10.4. The SMILES string of the molecule is COCCN(Cc1ccncc1)C(=O)C[C@@H]1CCOC1. The largest absolute Gasteiger partial charge is 0.383 e. The number of methoxy groups -OCH3 is 1. The number of hydrogen-bond acceptors (Lipinski definition) is 4. The standard InChI is InChI=1S/C15H22N2O3/c1-19-9-7-17(11-13-2-5-16-6-3-13)15(18)10-14-4-8-20-12-14/h2-3,5-6,14H,4,7-12H2,1H3/t14-/m0/s1. The van der Waals surface area contributed by atoms with Crippen LogP contribution < -0.4 is 0 Å². The van der Waals surface area contributed by atoms with E-state index in [1.54, 1.807) is 19.5 Å². The molecule has 0 radical (unpaired) electrons. The van der Waals surface area contributed by atoms with E-state index in [0.29, 0.717) is 38.6 Å². The third-order valence-corrected chi connectivity index (χ3v) is 3.53. The van der Waals surface area contributed by atoms with E-state index >= 15 is 0 Å². The summed E-state index contributed by atoms with van der Waals surface area (Å²) in [5.41, 5.74) is 1.09. The summed E-state index contributed by atoms with van der Waals surface area (Å²) in [4.78, 5) is 18.3. The Morgan fingerprint density at radius 2 is 2.30 bits per heavy atom. The van der Waals surface area contributed by atoms with Crippen LogP contribution in [0.2, 0.25) is 0 Å². The second-order valence-electron chi connectivity index (χ2n) is 5.10. The van der Waals surface area contributed by atoms with Crippen LogP contribution in [-0.4, -0.2) is 49.3 Å². The van der Waals surface area contributed by atoms with Crippen molar-refractivity contribution < 1.29 is 14.3 Å². The fraction of sp³-hybridized carbons (Fsp3) is 0.600. The van der Waals surface area contributed by atoms with E-state index in [-0.39, 0.29) is 5.91 Å². The lowest BCUT2D eigenvalue weighted by atomic mass is 10.0. The molecule has 0 spiro atoms. The highest BCUT2D eigenvalue weighted by Gasteiger charge is 2.22. The Hall–Kier alpha value is -1.46. The van der Waals surface area contributed by atoms with Gasteiger partial charge in [0.15, 0.2) is 0 Å². The van der Waals surface area contributed by atoms with Crippen molar-refractivity contribution in [3.8, 4) is 0 Å². The molecule has 1 saturated heterocycles. The third-order valence-electron chi connectivity index (χ3n) is 3.53. The smallest absolute Gasteiger partial charge is 0.223 e. The zero-order chi connectivity index (χ0) is 14.2. The number of amides is 1. The molecule has 0 bridgehead atoms. The van der Waals surface area contributed by atoms with Gasteiger partial charge in [0.25, 0.3) is 0 Å². The number of nitrogens with zero attached hydrogens (tertiary/aromatic N) is 2. The van der Waals surface area contributed by atoms with Gasteiger partial charge in [-0.1, -0.05) is 0 Å². The van der Waals surface area contributed by atoms with Crippen LogP contribution in [0.15, 0.2) is 24.5 Å². The highest BCUT2D eigenvalue weighted by Crippen LogP contribution is 2.18. The molecule has 0 unspecified atom stereocenters. The zero-order valence-electron chi connectivity index (χ0n) is 12.0. The number of aromatic nitrogens is 1. The van der Waals surface area contributed by atoms with Gasteiger partial charge >= 0.3 is 0 Å². The first-order valence-electron chi connectivity index (χ1n) is 7.03. The van der Waals surface area contributed by atoms with Crippen molar-refractivity contribution >= 4 is 5.91 Å². The number of pyridine rings is 1. The molecule has 1 aromatic rings. The van der Waals surface area contributed by atoms with Crippen molar-refractivity contribution in [3.63, 3.8) is 0 Å². The fourth-order valence-electron chi connectivity index (χ4n) is 2.32. The molecule has 0 aliphatic carbocycles. The Balaban J connectivity index is 1.92. The van der Waals surface area contributed by atoms with E-state index in [0.717, 1.165) is 18.6 Å². The topological polar surface area (TPSA) is 51.7 Å². The predicted octanol–water partition coefficient (Wildman–Crippen LogP) is 1.48. The van der Waals surface area contributed by atoms with Crippen LogP contribution >= 0.6 is 0 Å². The summed E-state index contributed by atoms with van der Waals surface area (Å²) in [6.45, 7) is 3.26. The molecule has 1 fully saturated rings. The summed E-state index contributed by atoms with van der Waals surface area (Å²) in [6, 6.07) is 3.87. The predicted molar refractivity (Wildman–Crippen MR) is 75.1 cm³/mol. The first-order chi connectivity index (χ1) is 9.79. The molecule has 0 saturated carbocycles. The Morgan fingerprint density at radius 1 is 1.50 bits per heavy atom. The van der Waals surface area contributed by atoms with Crippen molar-refractivity contribution in [2.45, 2.75) is 19.4 Å². The van der Waals surface area contributed by atoms with Gasteiger partial charge in [-0.25, -0.2) is 0 Å². The summed E-state index contributed by atoms with van der Waals surface area (Å²) in [5.74, 6) is 0.541. The fourth-order valence-corrected chi connectivity index (χ4v) is 2.32. The van der Waals surface area contributed by atoms with Gasteiger partial charge in [0, 0.05) is 52.2 Å². The van der Waals surface area contributed by atoms with Gasteiger partial charge in [-0.3, -0.25) is 9.78 Å². The van der Waals surface area contributed by atoms with Gasteiger partial charge in [-0.15, -0.1) is 0 Å². The van der Waals surface area contributed by atoms with Crippen molar-refractivity contribution in [2.75, 3.05) is 33.5 Å². The molecule has 5 nitrogen and oxygen atoms in total. The van der Waals surface area contributed by atoms with Crippen LogP contribution in [0.25, 0.3) is 0 Å². The Morgan fingerprint density at radius 3 is 2.95 bits per heavy atom. The maximum Gasteiger partial charge on any atom is 0.223 e. The Bertz CT molecular complexity index is 405. The maximum atomic E-state index is 12.4. The van der Waals surface area contributed by atoms with Gasteiger partial charge < -0.3 is 14.4 Å². The Labute approximate surface area is 119 Å². The molecule has 0 aromatic carbocycles. The van der Waals surface area contributed by atoms with Gasteiger partial charge in [0.1, 0.15) is 0 Å². The summed E-state index contributed by atoms with van der Waals surface area (Å²) in [6.07, 6.45) is 5.05. The monoisotopic (exact) mass is 278 g/mol. The van der Waals surface area contributed by atoms with E-state index in [9.17, 15) is 4.79 Å². The molecule has 1 amide bonds. The molecule has 20 heavy (non-hydrogen) atoms. The quantitative estimate of drug-likeness (QED) is 0.758. The molecule has 1 aliphatic heterocycles. The first kappa shape index (κ1) is 14.9. The van der Waals surface area contributed by atoms with E-state index in [1.807, 2.05) is 17.0 Å². The van der Waals surface area contributed by atoms with E-state index in [4.69, 9.17) is 9.47 Å². The lowest BCUT2D eigenvalue weighted by Crippen LogP contribution is -2.34. The van der Waals surface area contributed by atoms with Crippen molar-refractivity contribution in [1.82, 2.24) is 9.88 Å². The van der Waals surface area contributed by atoms with Gasteiger partial charge in [-0.05, 0) is 30.0 Å². The molecular formula is C15H22N2O3. The van der Waals surface area contributed by atoms with Crippen molar-refractivity contribution in [1.29, 1.82) is 0 Å². The maximum absolute atomic E-state index is 12.4. The van der Waals surface area contributed by atoms with Crippen LogP contribution in [0.5, 0.6) is 0 Å². The second kappa shape index (κ2) is 7.97. The van der Waals surface area contributed by atoms with E-state index in [1.165, 1.54) is 0 Å². The molecule has 1 aliphatic rings. The van der Waals surface area contributed by atoms with Crippen LogP contribution in [0, 0.1) is 5.92 Å². The third kappa shape index (κ3) is 4.58. The number of rotatable bonds is 7. The lowest BCUT2D eigenvalue weighted by Gasteiger charge is -2.23. The summed E-state index contributed by atoms with van der Waals surface area (Å²) in [7, 11) is 1.65. The number of ether oxygens (including phenoxy) is 2. The molecule has 1 atom stereocenters. The molecule has 2 heterocycles. The van der Waals surface area contributed by atoms with Crippen molar-refractivity contribution in [2.24, 2.45) is 5.92 Å². The number of carbonyl (C=O) groups is 1. The second-order valence-corrected chi connectivity index (χ2v) is 5.10. The minimum absolute atomic E-state index is 0.175. The minimum Gasteiger partial charge on any atom is -0.383 e. The Kier molecular flexibility index (Phi) is 5.95. The van der Waals surface area contributed by atoms with Crippen LogP contribution in [0.3, 0.4) is 0 Å². The molecule has 110 valence electrons. The van der Waals surface area contributed by atoms with Crippen LogP contribution in [-0.2, 0) is 20.8 Å².